The third-order valence-electron chi connectivity index (χ3n) is 6.76. The van der Waals surface area contributed by atoms with E-state index in [1.165, 1.54) is 32.1 Å². The number of rotatable bonds is 14. The van der Waals surface area contributed by atoms with Crippen LogP contribution < -0.4 is 0 Å². The van der Waals surface area contributed by atoms with Crippen LogP contribution in [0, 0.1) is 5.41 Å². The molecule has 156 valence electrons. The van der Waals surface area contributed by atoms with E-state index < -0.39 is 0 Å². The van der Waals surface area contributed by atoms with E-state index in [1.807, 2.05) is 0 Å². The predicted molar refractivity (Wildman–Crippen MR) is 111 cm³/mol. The molecule has 0 amide bonds. The Labute approximate surface area is 169 Å². The molecule has 28 heavy (non-hydrogen) atoms. The topological polar surface area (TPSA) is 66.8 Å². The van der Waals surface area contributed by atoms with Crippen LogP contribution in [0.25, 0.3) is 0 Å². The summed E-state index contributed by atoms with van der Waals surface area (Å²) in [6.45, 7) is 2.96. The van der Waals surface area contributed by atoms with Crippen LogP contribution in [0.4, 0.5) is 0 Å². The van der Waals surface area contributed by atoms with Gasteiger partial charge in [-0.25, -0.2) is 0 Å². The number of hydrogen-bond donors (Lipinski definition) is 2. The second-order valence-electron chi connectivity index (χ2n) is 9.45. The van der Waals surface area contributed by atoms with Gasteiger partial charge in [0.25, 0.3) is 6.47 Å². The molecule has 2 N–H and O–H groups in total. The third kappa shape index (κ3) is 6.15. The quantitative estimate of drug-likeness (QED) is 0.240. The molecule has 0 heterocycles. The van der Waals surface area contributed by atoms with Gasteiger partial charge in [0.2, 0.25) is 0 Å². The van der Waals surface area contributed by atoms with Gasteiger partial charge in [0.05, 0.1) is 0 Å². The molecule has 4 heteroatoms. The summed E-state index contributed by atoms with van der Waals surface area (Å²) in [4.78, 5) is 10.5. The monoisotopic (exact) mass is 388 g/mol. The molecule has 2 aliphatic rings. The van der Waals surface area contributed by atoms with Gasteiger partial charge < -0.3 is 14.9 Å². The first-order valence-electron chi connectivity index (χ1n) is 11.1. The Morgan fingerprint density at radius 3 is 2.25 bits per heavy atom. The van der Waals surface area contributed by atoms with Crippen molar-refractivity contribution in [2.75, 3.05) is 0 Å². The number of carbonyl (C=O) groups excluding carboxylic acids is 1. The Balaban J connectivity index is 1.37. The van der Waals surface area contributed by atoms with Crippen molar-refractivity contribution in [3.05, 3.63) is 23.3 Å². The molecule has 1 aromatic carbocycles. The number of phenolic OH excluding ortho intramolecular Hbond substituents is 2. The normalized spacial score (nSPS) is 18.6. The van der Waals surface area contributed by atoms with Crippen molar-refractivity contribution in [1.82, 2.24) is 0 Å². The van der Waals surface area contributed by atoms with Crippen LogP contribution in [-0.4, -0.2) is 22.3 Å². The van der Waals surface area contributed by atoms with E-state index in [0.717, 1.165) is 68.9 Å². The molecule has 0 aliphatic heterocycles. The van der Waals surface area contributed by atoms with Gasteiger partial charge in [-0.15, -0.1) is 0 Å². The third-order valence-corrected chi connectivity index (χ3v) is 6.76. The van der Waals surface area contributed by atoms with Crippen molar-refractivity contribution in [1.29, 1.82) is 0 Å². The lowest BCUT2D eigenvalue weighted by atomic mass is 9.97. The molecular weight excluding hydrogens is 352 g/mol. The van der Waals surface area contributed by atoms with Gasteiger partial charge >= 0.3 is 0 Å². The molecule has 2 fully saturated rings. The minimum absolute atomic E-state index is 0.00862. The lowest BCUT2D eigenvalue weighted by Gasteiger charge is -2.13. The Hall–Kier alpha value is -1.71. The molecule has 0 bridgehead atoms. The Bertz CT molecular complexity index is 659. The second kappa shape index (κ2) is 9.19. The smallest absolute Gasteiger partial charge is 0.293 e. The highest BCUT2D eigenvalue weighted by Crippen LogP contribution is 2.49. The largest absolute Gasteiger partial charge is 0.504 e. The minimum atomic E-state index is -0.168. The van der Waals surface area contributed by atoms with E-state index in [1.54, 1.807) is 6.07 Å². The van der Waals surface area contributed by atoms with Crippen LogP contribution in [0.5, 0.6) is 11.5 Å². The van der Waals surface area contributed by atoms with Crippen molar-refractivity contribution in [3.63, 3.8) is 0 Å². The zero-order valence-corrected chi connectivity index (χ0v) is 17.3. The maximum Gasteiger partial charge on any atom is 0.293 e. The van der Waals surface area contributed by atoms with E-state index in [2.05, 4.69) is 13.0 Å². The average Bonchev–Trinajstić information content (AvgIpc) is 3.58. The molecule has 0 saturated heterocycles. The summed E-state index contributed by atoms with van der Waals surface area (Å²) in [7, 11) is 0. The number of ether oxygens (including phenoxy) is 1. The summed E-state index contributed by atoms with van der Waals surface area (Å²) in [5.41, 5.74) is 2.45. The fraction of sp³-hybridized carbons (Fsp3) is 0.708. The fourth-order valence-corrected chi connectivity index (χ4v) is 4.21. The van der Waals surface area contributed by atoms with Crippen LogP contribution in [0.2, 0.25) is 0 Å². The molecule has 4 nitrogen and oxygen atoms in total. The Morgan fingerprint density at radius 2 is 1.61 bits per heavy atom. The van der Waals surface area contributed by atoms with Crippen LogP contribution >= 0.6 is 0 Å². The van der Waals surface area contributed by atoms with Crippen molar-refractivity contribution in [3.8, 4) is 11.5 Å². The van der Waals surface area contributed by atoms with E-state index in [9.17, 15) is 15.0 Å². The number of aromatic hydroxyl groups is 2. The van der Waals surface area contributed by atoms with Crippen molar-refractivity contribution >= 4 is 6.47 Å². The molecule has 0 aromatic heterocycles. The Kier molecular flexibility index (Phi) is 6.90. The minimum Gasteiger partial charge on any atom is -0.504 e. The lowest BCUT2D eigenvalue weighted by molar-refractivity contribution is -0.135. The molecule has 0 spiro atoms. The van der Waals surface area contributed by atoms with Crippen molar-refractivity contribution in [2.24, 2.45) is 5.41 Å². The zero-order valence-electron chi connectivity index (χ0n) is 17.3. The Morgan fingerprint density at radius 1 is 0.929 bits per heavy atom. The molecular formula is C24H36O4. The summed E-state index contributed by atoms with van der Waals surface area (Å²) in [5, 5.41) is 20.3. The number of carbonyl (C=O) groups is 1. The van der Waals surface area contributed by atoms with Crippen LogP contribution in [-0.2, 0) is 22.4 Å². The van der Waals surface area contributed by atoms with Crippen LogP contribution in [0.15, 0.2) is 12.1 Å². The molecule has 0 atom stereocenters. The maximum atomic E-state index is 10.5. The lowest BCUT2D eigenvalue weighted by Crippen LogP contribution is -2.12. The zero-order chi connectivity index (χ0) is 20.0. The SMILES string of the molecule is CC1(CCCCCc2cc(O)c(O)c(CCCCCC3(OC=O)CC3)c2)CC1. The summed E-state index contributed by atoms with van der Waals surface area (Å²) in [5.74, 6) is 0.0441. The van der Waals surface area contributed by atoms with Gasteiger partial charge in [0.1, 0.15) is 5.60 Å². The summed E-state index contributed by atoms with van der Waals surface area (Å²) < 4.78 is 5.18. The van der Waals surface area contributed by atoms with Crippen molar-refractivity contribution < 1.29 is 19.7 Å². The second-order valence-corrected chi connectivity index (χ2v) is 9.45. The molecule has 2 saturated carbocycles. The van der Waals surface area contributed by atoms with E-state index in [4.69, 9.17) is 4.74 Å². The standard InChI is InChI=1S/C24H36O4/c1-23(12-13-23)10-6-2-4-8-19-16-20(22(27)21(26)17-19)9-5-3-7-11-24(14-15-24)28-18-25/h16-18,26-27H,2-15H2,1H3. The summed E-state index contributed by atoms with van der Waals surface area (Å²) in [6, 6.07) is 3.78. The first-order valence-corrected chi connectivity index (χ1v) is 11.1. The molecule has 1 aromatic rings. The highest BCUT2D eigenvalue weighted by Gasteiger charge is 2.44. The van der Waals surface area contributed by atoms with E-state index >= 15 is 0 Å². The van der Waals surface area contributed by atoms with Gasteiger partial charge in [-0.2, -0.15) is 0 Å². The summed E-state index contributed by atoms with van der Waals surface area (Å²) in [6.07, 6.45) is 15.5. The number of benzene rings is 1. The first kappa shape index (κ1) is 21.0. The van der Waals surface area contributed by atoms with E-state index in [-0.39, 0.29) is 17.1 Å². The highest BCUT2D eigenvalue weighted by atomic mass is 16.5. The molecule has 0 unspecified atom stereocenters. The van der Waals surface area contributed by atoms with Gasteiger partial charge in [0, 0.05) is 0 Å². The van der Waals surface area contributed by atoms with Gasteiger partial charge in [-0.05, 0) is 93.2 Å². The predicted octanol–water partition coefficient (Wildman–Crippen LogP) is 5.81. The van der Waals surface area contributed by atoms with Gasteiger partial charge in [0.15, 0.2) is 11.5 Å². The first-order chi connectivity index (χ1) is 13.5. The van der Waals surface area contributed by atoms with E-state index in [0.29, 0.717) is 11.9 Å². The van der Waals surface area contributed by atoms with Crippen LogP contribution in [0.1, 0.15) is 95.1 Å². The highest BCUT2D eigenvalue weighted by molar-refractivity contribution is 5.47. The summed E-state index contributed by atoms with van der Waals surface area (Å²) >= 11 is 0. The maximum absolute atomic E-state index is 10.5. The average molecular weight is 389 g/mol. The number of phenols is 2. The number of unbranched alkanes of at least 4 members (excludes halogenated alkanes) is 4. The molecule has 2 aliphatic carbocycles. The van der Waals surface area contributed by atoms with Crippen LogP contribution in [0.3, 0.4) is 0 Å². The number of aryl methyl sites for hydroxylation is 2. The van der Waals surface area contributed by atoms with Gasteiger partial charge in [-0.3, -0.25) is 4.79 Å². The molecule has 3 rings (SSSR count). The van der Waals surface area contributed by atoms with Crippen molar-refractivity contribution in [2.45, 2.75) is 102 Å². The molecule has 0 radical (unpaired) electrons. The number of hydrogen-bond acceptors (Lipinski definition) is 4. The fourth-order valence-electron chi connectivity index (χ4n) is 4.21. The van der Waals surface area contributed by atoms with Gasteiger partial charge in [-0.1, -0.05) is 32.3 Å².